The normalized spacial score (nSPS) is 10.8. The van der Waals surface area contributed by atoms with Crippen LogP contribution in [0.2, 0.25) is 0 Å². The number of unbranched alkanes of at least 4 members (excludes halogenated alkanes) is 1. The van der Waals surface area contributed by atoms with Crippen molar-refractivity contribution in [2.45, 2.75) is 19.8 Å². The number of benzene rings is 2. The molecule has 0 spiro atoms. The highest BCUT2D eigenvalue weighted by atomic mass is 32.1. The molecule has 7 nitrogen and oxygen atoms in total. The lowest BCUT2D eigenvalue weighted by Crippen LogP contribution is -2.07. The van der Waals surface area contributed by atoms with E-state index in [9.17, 15) is 4.79 Å². The second-order valence-corrected chi connectivity index (χ2v) is 8.03. The average Bonchev–Trinajstić information content (AvgIpc) is 3.29. The number of rotatable bonds is 8. The molecular weight excluding hydrogens is 434 g/mol. The molecule has 2 aromatic carbocycles. The van der Waals surface area contributed by atoms with Gasteiger partial charge < -0.3 is 15.4 Å². The molecular formula is C25H21N5O2S. The number of ether oxygens (including phenoxy) is 1. The number of hydrogen-bond acceptors (Lipinski definition) is 7. The average molecular weight is 456 g/mol. The quantitative estimate of drug-likeness (QED) is 0.298. The molecule has 33 heavy (non-hydrogen) atoms. The van der Waals surface area contributed by atoms with Crippen molar-refractivity contribution >= 4 is 44.8 Å². The second-order valence-electron chi connectivity index (χ2n) is 7.12. The summed E-state index contributed by atoms with van der Waals surface area (Å²) < 4.78 is 6.90. The molecule has 0 bridgehead atoms. The number of thiophene rings is 1. The summed E-state index contributed by atoms with van der Waals surface area (Å²) in [6, 6.07) is 18.2. The van der Waals surface area contributed by atoms with Crippen LogP contribution >= 0.6 is 11.3 Å². The number of nitriles is 1. The van der Waals surface area contributed by atoms with Crippen LogP contribution in [0, 0.1) is 11.3 Å². The summed E-state index contributed by atoms with van der Waals surface area (Å²) in [7, 11) is 0. The van der Waals surface area contributed by atoms with Crippen LogP contribution in [0.15, 0.2) is 72.1 Å². The molecule has 0 fully saturated rings. The molecule has 0 aliphatic rings. The lowest BCUT2D eigenvalue weighted by molar-refractivity contribution is -0.111. The van der Waals surface area contributed by atoms with Crippen LogP contribution in [0.3, 0.4) is 0 Å². The van der Waals surface area contributed by atoms with E-state index >= 15 is 0 Å². The molecule has 4 rings (SSSR count). The zero-order valence-electron chi connectivity index (χ0n) is 17.9. The first-order chi connectivity index (χ1) is 16.1. The molecule has 0 atom stereocenters. The van der Waals surface area contributed by atoms with Gasteiger partial charge in [-0.25, -0.2) is 4.98 Å². The number of allylic oxidation sites excluding steroid dienone is 1. The van der Waals surface area contributed by atoms with E-state index in [2.05, 4.69) is 33.6 Å². The highest BCUT2D eigenvalue weighted by molar-refractivity contribution is 7.17. The van der Waals surface area contributed by atoms with Crippen LogP contribution < -0.4 is 15.4 Å². The van der Waals surface area contributed by atoms with Gasteiger partial charge in [0, 0.05) is 17.4 Å². The molecule has 164 valence electrons. The van der Waals surface area contributed by atoms with Gasteiger partial charge in [-0.05, 0) is 54.3 Å². The molecule has 2 N–H and O–H groups in total. The molecule has 0 unspecified atom stereocenters. The third-order valence-electron chi connectivity index (χ3n) is 4.56. The van der Waals surface area contributed by atoms with Gasteiger partial charge in [0.1, 0.15) is 10.4 Å². The van der Waals surface area contributed by atoms with Gasteiger partial charge in [-0.1, -0.05) is 31.6 Å². The maximum Gasteiger partial charge on any atom is 0.248 e. The minimum atomic E-state index is -0.186. The Bertz CT molecular complexity index is 1360. The van der Waals surface area contributed by atoms with Crippen molar-refractivity contribution in [1.29, 1.82) is 5.26 Å². The van der Waals surface area contributed by atoms with E-state index in [0.717, 1.165) is 23.1 Å². The Morgan fingerprint density at radius 3 is 2.85 bits per heavy atom. The van der Waals surface area contributed by atoms with Crippen LogP contribution in [-0.2, 0) is 4.79 Å². The van der Waals surface area contributed by atoms with E-state index in [0.29, 0.717) is 34.5 Å². The van der Waals surface area contributed by atoms with Crippen molar-refractivity contribution in [3.63, 3.8) is 0 Å². The Morgan fingerprint density at radius 1 is 1.15 bits per heavy atom. The lowest BCUT2D eigenvalue weighted by atomic mass is 10.2. The number of nitrogens with one attached hydrogen (secondary N) is 2. The standard InChI is InChI=1S/C25H21N5O2S/c1-2-3-4-11-22(31)27-19-9-6-10-20(15-19)32-24-23-21(12-13-33-23)29-25(30-24)28-18-8-5-7-17(14-18)16-26/h4-15H,2-3H2,1H3,(H,27,31)(H,28,29,30)/b11-4+. The van der Waals surface area contributed by atoms with Crippen LogP contribution in [0.5, 0.6) is 11.6 Å². The van der Waals surface area contributed by atoms with Gasteiger partial charge in [0.15, 0.2) is 0 Å². The van der Waals surface area contributed by atoms with Crippen molar-refractivity contribution < 1.29 is 9.53 Å². The predicted molar refractivity (Wildman–Crippen MR) is 131 cm³/mol. The lowest BCUT2D eigenvalue weighted by Gasteiger charge is -2.10. The smallest absolute Gasteiger partial charge is 0.248 e. The Labute approximate surface area is 195 Å². The van der Waals surface area contributed by atoms with E-state index in [-0.39, 0.29) is 5.91 Å². The molecule has 0 radical (unpaired) electrons. The SMILES string of the molecule is CCC/C=C/C(=O)Nc1cccc(Oc2nc(Nc3cccc(C#N)c3)nc3ccsc23)c1. The molecule has 2 heterocycles. The van der Waals surface area contributed by atoms with Crippen molar-refractivity contribution in [1.82, 2.24) is 9.97 Å². The monoisotopic (exact) mass is 455 g/mol. The zero-order valence-corrected chi connectivity index (χ0v) is 18.7. The van der Waals surface area contributed by atoms with Crippen LogP contribution in [0.1, 0.15) is 25.3 Å². The van der Waals surface area contributed by atoms with E-state index in [1.54, 1.807) is 42.5 Å². The minimum Gasteiger partial charge on any atom is -0.437 e. The van der Waals surface area contributed by atoms with Gasteiger partial charge >= 0.3 is 0 Å². The molecule has 0 aliphatic heterocycles. The second kappa shape index (κ2) is 10.4. The first kappa shape index (κ1) is 22.0. The largest absolute Gasteiger partial charge is 0.437 e. The fraction of sp³-hybridized carbons (Fsp3) is 0.120. The zero-order chi connectivity index (χ0) is 23.0. The Kier molecular flexibility index (Phi) is 6.93. The number of carbonyl (C=O) groups is 1. The number of aromatic nitrogens is 2. The number of hydrogen-bond donors (Lipinski definition) is 2. The summed E-state index contributed by atoms with van der Waals surface area (Å²) in [5.74, 6) is 1.11. The highest BCUT2D eigenvalue weighted by Gasteiger charge is 2.12. The molecule has 0 saturated heterocycles. The minimum absolute atomic E-state index is 0.186. The number of amides is 1. The Hall–Kier alpha value is -4.22. The Morgan fingerprint density at radius 2 is 2.00 bits per heavy atom. The van der Waals surface area contributed by atoms with Gasteiger partial charge in [0.05, 0.1) is 17.1 Å². The van der Waals surface area contributed by atoms with Crippen LogP contribution in [-0.4, -0.2) is 15.9 Å². The highest BCUT2D eigenvalue weighted by Crippen LogP contribution is 2.33. The van der Waals surface area contributed by atoms with Crippen molar-refractivity contribution in [3.05, 3.63) is 77.7 Å². The number of carbonyl (C=O) groups excluding carboxylic acids is 1. The topological polar surface area (TPSA) is 99.9 Å². The van der Waals surface area contributed by atoms with E-state index in [1.165, 1.54) is 17.4 Å². The summed E-state index contributed by atoms with van der Waals surface area (Å²) in [5, 5.41) is 17.0. The predicted octanol–water partition coefficient (Wildman–Crippen LogP) is 6.39. The first-order valence-electron chi connectivity index (χ1n) is 10.4. The molecule has 1 amide bonds. The first-order valence-corrected chi connectivity index (χ1v) is 11.3. The van der Waals surface area contributed by atoms with Crippen molar-refractivity contribution in [2.24, 2.45) is 0 Å². The van der Waals surface area contributed by atoms with Crippen molar-refractivity contribution in [3.8, 4) is 17.7 Å². The molecule has 0 saturated carbocycles. The van der Waals surface area contributed by atoms with Gasteiger partial charge in [-0.2, -0.15) is 10.2 Å². The van der Waals surface area contributed by atoms with Crippen molar-refractivity contribution in [2.75, 3.05) is 10.6 Å². The molecule has 2 aromatic heterocycles. The summed E-state index contributed by atoms with van der Waals surface area (Å²) in [6.07, 6.45) is 5.24. The van der Waals surface area contributed by atoms with E-state index < -0.39 is 0 Å². The Balaban J connectivity index is 1.57. The molecule has 0 aliphatic carbocycles. The number of anilines is 3. The molecule has 8 heteroatoms. The fourth-order valence-corrected chi connectivity index (χ4v) is 3.80. The van der Waals surface area contributed by atoms with E-state index in [4.69, 9.17) is 10.00 Å². The van der Waals surface area contributed by atoms with Crippen LogP contribution in [0.4, 0.5) is 17.3 Å². The van der Waals surface area contributed by atoms with E-state index in [1.807, 2.05) is 23.6 Å². The van der Waals surface area contributed by atoms with Crippen LogP contribution in [0.25, 0.3) is 10.2 Å². The maximum absolute atomic E-state index is 12.1. The van der Waals surface area contributed by atoms with Gasteiger partial charge in [-0.15, -0.1) is 11.3 Å². The maximum atomic E-state index is 12.1. The molecule has 4 aromatic rings. The van der Waals surface area contributed by atoms with Gasteiger partial charge in [0.25, 0.3) is 0 Å². The third kappa shape index (κ3) is 5.73. The summed E-state index contributed by atoms with van der Waals surface area (Å²) in [4.78, 5) is 21.2. The van der Waals surface area contributed by atoms with Gasteiger partial charge in [0.2, 0.25) is 17.7 Å². The number of nitrogens with zero attached hydrogens (tertiary/aromatic N) is 3. The fourth-order valence-electron chi connectivity index (χ4n) is 3.05. The summed E-state index contributed by atoms with van der Waals surface area (Å²) >= 11 is 1.48. The summed E-state index contributed by atoms with van der Waals surface area (Å²) in [6.45, 7) is 2.06. The summed E-state index contributed by atoms with van der Waals surface area (Å²) in [5.41, 5.74) is 2.61. The third-order valence-corrected chi connectivity index (χ3v) is 5.45. The van der Waals surface area contributed by atoms with Gasteiger partial charge in [-0.3, -0.25) is 4.79 Å². The number of fused-ring (bicyclic) bond motifs is 1.